The monoisotopic (exact) mass is 257 g/mol. The summed E-state index contributed by atoms with van der Waals surface area (Å²) in [4.78, 5) is 24.9. The molecule has 0 aliphatic carbocycles. The van der Waals surface area contributed by atoms with E-state index in [4.69, 9.17) is 4.74 Å². The lowest BCUT2D eigenvalue weighted by molar-refractivity contribution is 0.0518. The molecule has 96 valence electrons. The second-order valence-electron chi connectivity index (χ2n) is 3.41. The van der Waals surface area contributed by atoms with E-state index in [2.05, 4.69) is 10.1 Å². The van der Waals surface area contributed by atoms with Crippen LogP contribution in [-0.2, 0) is 4.74 Å². The van der Waals surface area contributed by atoms with Gasteiger partial charge in [-0.1, -0.05) is 0 Å². The lowest BCUT2D eigenvalue weighted by atomic mass is 10.4. The van der Waals surface area contributed by atoms with E-state index in [0.29, 0.717) is 0 Å². The molecule has 0 unspecified atom stereocenters. The van der Waals surface area contributed by atoms with Gasteiger partial charge in [-0.3, -0.25) is 4.79 Å². The van der Waals surface area contributed by atoms with Gasteiger partial charge in [-0.05, 0) is 6.92 Å². The highest BCUT2D eigenvalue weighted by molar-refractivity contribution is 5.88. The number of hydrogen-bond donors (Lipinski definition) is 1. The molecule has 0 spiro atoms. The predicted octanol–water partition coefficient (Wildman–Crippen LogP) is 1.14. The van der Waals surface area contributed by atoms with Crippen LogP contribution in [0.1, 0.15) is 29.5 Å². The smallest absolute Gasteiger partial charge is 0.358 e. The van der Waals surface area contributed by atoms with E-state index in [-0.39, 0.29) is 17.9 Å². The number of esters is 1. The van der Waals surface area contributed by atoms with Crippen molar-refractivity contribution in [3.63, 3.8) is 0 Å². The molecule has 0 radical (unpaired) electrons. The first-order chi connectivity index (χ1) is 8.52. The normalized spacial score (nSPS) is 11.1. The average Bonchev–Trinajstić information content (AvgIpc) is 2.71. The zero-order valence-electron chi connectivity index (χ0n) is 9.31. The van der Waals surface area contributed by atoms with Crippen molar-refractivity contribution >= 4 is 11.6 Å². The third kappa shape index (κ3) is 2.08. The number of nitrogens with zero attached hydrogens (tertiary/aromatic N) is 2. The molecule has 2 aromatic rings. The van der Waals surface area contributed by atoms with Gasteiger partial charge in [-0.25, -0.2) is 18.1 Å². The van der Waals surface area contributed by atoms with Gasteiger partial charge >= 0.3 is 5.97 Å². The van der Waals surface area contributed by atoms with Gasteiger partial charge in [0.25, 0.3) is 12.0 Å². The molecule has 0 aliphatic heterocycles. The number of nitrogens with one attached hydrogen (secondary N) is 1. The van der Waals surface area contributed by atoms with Crippen LogP contribution in [0.3, 0.4) is 0 Å². The molecule has 0 amide bonds. The van der Waals surface area contributed by atoms with Gasteiger partial charge in [0.1, 0.15) is 11.3 Å². The fourth-order valence-electron chi connectivity index (χ4n) is 1.48. The molecular formula is C10H9F2N3O3. The molecule has 1 N–H and O–H groups in total. The van der Waals surface area contributed by atoms with Crippen molar-refractivity contribution in [1.29, 1.82) is 0 Å². The number of alkyl halides is 2. The summed E-state index contributed by atoms with van der Waals surface area (Å²) in [7, 11) is 0. The topological polar surface area (TPSA) is 76.5 Å². The first-order valence-electron chi connectivity index (χ1n) is 5.11. The lowest BCUT2D eigenvalue weighted by Gasteiger charge is -2.01. The fourth-order valence-corrected chi connectivity index (χ4v) is 1.48. The van der Waals surface area contributed by atoms with Crippen molar-refractivity contribution in [1.82, 2.24) is 14.6 Å². The minimum absolute atomic E-state index is 0.0147. The van der Waals surface area contributed by atoms with Gasteiger partial charge in [0.2, 0.25) is 0 Å². The molecule has 0 bridgehead atoms. The lowest BCUT2D eigenvalue weighted by Crippen LogP contribution is -2.12. The van der Waals surface area contributed by atoms with Crippen LogP contribution in [0.5, 0.6) is 0 Å². The Balaban J connectivity index is 2.60. The number of hydrogen-bond acceptors (Lipinski definition) is 4. The van der Waals surface area contributed by atoms with Gasteiger partial charge in [-0.15, -0.1) is 0 Å². The number of carbonyl (C=O) groups excluding carboxylic acids is 1. The van der Waals surface area contributed by atoms with Crippen LogP contribution < -0.4 is 5.56 Å². The average molecular weight is 257 g/mol. The summed E-state index contributed by atoms with van der Waals surface area (Å²) in [6, 6.07) is 1.92. The van der Waals surface area contributed by atoms with E-state index >= 15 is 0 Å². The maximum atomic E-state index is 12.7. The van der Waals surface area contributed by atoms with Gasteiger partial charge in [-0.2, -0.15) is 5.10 Å². The Morgan fingerprint density at radius 3 is 2.89 bits per heavy atom. The molecule has 8 heteroatoms. The molecule has 0 atom stereocenters. The van der Waals surface area contributed by atoms with E-state index in [1.807, 2.05) is 0 Å². The highest BCUT2D eigenvalue weighted by Gasteiger charge is 2.18. The van der Waals surface area contributed by atoms with Crippen molar-refractivity contribution < 1.29 is 18.3 Å². The predicted molar refractivity (Wildman–Crippen MR) is 56.7 cm³/mol. The Morgan fingerprint density at radius 1 is 1.56 bits per heavy atom. The zero-order chi connectivity index (χ0) is 13.3. The number of H-pyrrole nitrogens is 1. The van der Waals surface area contributed by atoms with Crippen LogP contribution in [0, 0.1) is 0 Å². The van der Waals surface area contributed by atoms with Crippen LogP contribution in [0.4, 0.5) is 8.78 Å². The number of aromatic amines is 1. The number of halogens is 2. The SMILES string of the molecule is CCOC(=O)c1cc2[nH]c(=O)cc(C(F)F)n2n1. The first kappa shape index (κ1) is 12.2. The first-order valence-corrected chi connectivity index (χ1v) is 5.11. The van der Waals surface area contributed by atoms with Crippen LogP contribution in [0.2, 0.25) is 0 Å². The Kier molecular flexibility index (Phi) is 3.09. The number of carbonyl (C=O) groups is 1. The molecule has 6 nitrogen and oxygen atoms in total. The van der Waals surface area contributed by atoms with Crippen molar-refractivity contribution in [3.8, 4) is 0 Å². The zero-order valence-corrected chi connectivity index (χ0v) is 9.31. The largest absolute Gasteiger partial charge is 0.461 e. The van der Waals surface area contributed by atoms with Gasteiger partial charge in [0, 0.05) is 12.1 Å². The van der Waals surface area contributed by atoms with Crippen LogP contribution in [-0.4, -0.2) is 27.2 Å². The maximum Gasteiger partial charge on any atom is 0.358 e. The van der Waals surface area contributed by atoms with Crippen LogP contribution in [0.15, 0.2) is 16.9 Å². The van der Waals surface area contributed by atoms with E-state index in [9.17, 15) is 18.4 Å². The Hall–Kier alpha value is -2.25. The molecule has 0 aliphatic rings. The second kappa shape index (κ2) is 4.55. The third-order valence-electron chi connectivity index (χ3n) is 2.19. The number of ether oxygens (including phenoxy) is 1. The van der Waals surface area contributed by atoms with Crippen molar-refractivity contribution in [2.45, 2.75) is 13.3 Å². The van der Waals surface area contributed by atoms with Crippen molar-refractivity contribution in [2.24, 2.45) is 0 Å². The fraction of sp³-hybridized carbons (Fsp3) is 0.300. The Morgan fingerprint density at radius 2 is 2.28 bits per heavy atom. The number of fused-ring (bicyclic) bond motifs is 1. The summed E-state index contributed by atoms with van der Waals surface area (Å²) in [6.07, 6.45) is -2.87. The van der Waals surface area contributed by atoms with E-state index in [0.717, 1.165) is 10.6 Å². The summed E-state index contributed by atoms with van der Waals surface area (Å²) in [5, 5.41) is 3.69. The molecule has 18 heavy (non-hydrogen) atoms. The molecule has 0 fully saturated rings. The molecule has 0 aromatic carbocycles. The van der Waals surface area contributed by atoms with Crippen molar-refractivity contribution in [2.75, 3.05) is 6.61 Å². The number of rotatable bonds is 3. The molecule has 0 saturated heterocycles. The highest BCUT2D eigenvalue weighted by Crippen LogP contribution is 2.17. The standard InChI is InChI=1S/C10H9F2N3O3/c1-2-18-10(17)5-3-7-13-8(16)4-6(9(11)12)15(7)14-5/h3-4,9H,2H2,1H3,(H,13,16). The van der Waals surface area contributed by atoms with Crippen molar-refractivity contribution in [3.05, 3.63) is 33.9 Å². The minimum Gasteiger partial charge on any atom is -0.461 e. The minimum atomic E-state index is -2.87. The van der Waals surface area contributed by atoms with E-state index in [1.165, 1.54) is 6.07 Å². The summed E-state index contributed by atoms with van der Waals surface area (Å²) in [6.45, 7) is 1.76. The summed E-state index contributed by atoms with van der Waals surface area (Å²) in [5.74, 6) is -0.734. The molecule has 2 heterocycles. The molecule has 2 rings (SSSR count). The third-order valence-corrected chi connectivity index (χ3v) is 2.19. The van der Waals surface area contributed by atoms with E-state index in [1.54, 1.807) is 6.92 Å². The van der Waals surface area contributed by atoms with Gasteiger partial charge in [0.15, 0.2) is 5.69 Å². The summed E-state index contributed by atoms with van der Waals surface area (Å²) < 4.78 is 30.9. The summed E-state index contributed by atoms with van der Waals surface area (Å²) in [5.41, 5.74) is -1.39. The Labute approximate surface area is 99.2 Å². The quantitative estimate of drug-likeness (QED) is 0.836. The molecule has 0 saturated carbocycles. The Bertz CT molecular complexity index is 647. The second-order valence-corrected chi connectivity index (χ2v) is 3.41. The highest BCUT2D eigenvalue weighted by atomic mass is 19.3. The van der Waals surface area contributed by atoms with Crippen LogP contribution in [0.25, 0.3) is 5.65 Å². The maximum absolute atomic E-state index is 12.7. The number of aromatic nitrogens is 3. The molecule has 2 aromatic heterocycles. The van der Waals surface area contributed by atoms with Gasteiger partial charge < -0.3 is 9.72 Å². The van der Waals surface area contributed by atoms with Crippen LogP contribution >= 0.6 is 0 Å². The van der Waals surface area contributed by atoms with E-state index < -0.39 is 23.6 Å². The summed E-state index contributed by atoms with van der Waals surface area (Å²) >= 11 is 0. The van der Waals surface area contributed by atoms with Gasteiger partial charge in [0.05, 0.1) is 6.61 Å². The molecular weight excluding hydrogens is 248 g/mol.